The Labute approximate surface area is 266 Å². The molecule has 46 heavy (non-hydrogen) atoms. The lowest BCUT2D eigenvalue weighted by molar-refractivity contribution is -0.139. The number of hydrogen-bond donors (Lipinski definition) is 0. The molecule has 1 saturated heterocycles. The SMILES string of the molecule is CCc1nc(N2CCN(C(=O)c3ccc4c(n3)C(C)(C)CCN4c3ccc(C(F)(F)F)c(F)c3)C(C)(C)C2)cc(C)c1C(=O)OC. The summed E-state index contributed by atoms with van der Waals surface area (Å²) in [7, 11) is 1.35. The number of methoxy groups -OCH3 is 1. The lowest BCUT2D eigenvalue weighted by Gasteiger charge is -2.47. The summed E-state index contributed by atoms with van der Waals surface area (Å²) >= 11 is 0. The summed E-state index contributed by atoms with van der Waals surface area (Å²) in [5.41, 5.74) is 1.36. The second-order valence-corrected chi connectivity index (χ2v) is 13.2. The number of pyridine rings is 2. The Hall–Kier alpha value is -4.22. The van der Waals surface area contributed by atoms with Gasteiger partial charge < -0.3 is 19.4 Å². The van der Waals surface area contributed by atoms with E-state index < -0.39 is 34.5 Å². The molecule has 0 aliphatic carbocycles. The first-order chi connectivity index (χ1) is 21.5. The highest BCUT2D eigenvalue weighted by atomic mass is 19.4. The van der Waals surface area contributed by atoms with E-state index in [9.17, 15) is 27.2 Å². The van der Waals surface area contributed by atoms with Gasteiger partial charge in [0.2, 0.25) is 0 Å². The van der Waals surface area contributed by atoms with E-state index in [0.29, 0.717) is 61.7 Å². The van der Waals surface area contributed by atoms with Crippen LogP contribution in [0.3, 0.4) is 0 Å². The second-order valence-electron chi connectivity index (χ2n) is 13.2. The van der Waals surface area contributed by atoms with Gasteiger partial charge in [0, 0.05) is 37.3 Å². The molecule has 12 heteroatoms. The van der Waals surface area contributed by atoms with Crippen LogP contribution in [-0.4, -0.2) is 65.6 Å². The zero-order valence-corrected chi connectivity index (χ0v) is 27.2. The van der Waals surface area contributed by atoms with Gasteiger partial charge in [-0.3, -0.25) is 4.79 Å². The van der Waals surface area contributed by atoms with Crippen LogP contribution in [0.5, 0.6) is 0 Å². The van der Waals surface area contributed by atoms with Crippen molar-refractivity contribution in [2.24, 2.45) is 0 Å². The molecule has 1 aromatic carbocycles. The van der Waals surface area contributed by atoms with Gasteiger partial charge in [-0.1, -0.05) is 20.8 Å². The summed E-state index contributed by atoms with van der Waals surface area (Å²) in [4.78, 5) is 41.6. The Bertz CT molecular complexity index is 1690. The van der Waals surface area contributed by atoms with E-state index in [-0.39, 0.29) is 17.3 Å². The van der Waals surface area contributed by atoms with Crippen LogP contribution in [0.1, 0.15) is 84.4 Å². The first-order valence-corrected chi connectivity index (χ1v) is 15.3. The molecule has 0 bridgehead atoms. The highest BCUT2D eigenvalue weighted by Crippen LogP contribution is 2.43. The third-order valence-electron chi connectivity index (χ3n) is 9.03. The molecule has 1 amide bonds. The van der Waals surface area contributed by atoms with Crippen molar-refractivity contribution in [3.8, 4) is 0 Å². The Morgan fingerprint density at radius 1 is 1.00 bits per heavy atom. The van der Waals surface area contributed by atoms with E-state index in [0.717, 1.165) is 23.5 Å². The van der Waals surface area contributed by atoms with Crippen molar-refractivity contribution < 1.29 is 31.9 Å². The average Bonchev–Trinajstić information content (AvgIpc) is 2.98. The molecule has 246 valence electrons. The highest BCUT2D eigenvalue weighted by Gasteiger charge is 2.40. The number of aromatic nitrogens is 2. The molecule has 0 spiro atoms. The van der Waals surface area contributed by atoms with Crippen LogP contribution in [0.25, 0.3) is 0 Å². The van der Waals surface area contributed by atoms with E-state index in [4.69, 9.17) is 14.7 Å². The quantitative estimate of drug-likeness (QED) is 0.223. The van der Waals surface area contributed by atoms with Crippen molar-refractivity contribution in [3.05, 3.63) is 76.0 Å². The third kappa shape index (κ3) is 6.01. The molecule has 5 rings (SSSR count). The molecule has 8 nitrogen and oxygen atoms in total. The van der Waals surface area contributed by atoms with Gasteiger partial charge in [-0.05, 0) is 75.6 Å². The summed E-state index contributed by atoms with van der Waals surface area (Å²) in [5, 5.41) is 0. The van der Waals surface area contributed by atoms with Gasteiger partial charge in [0.05, 0.1) is 40.9 Å². The fraction of sp³-hybridized carbons (Fsp3) is 0.471. The molecule has 2 aliphatic rings. The number of aryl methyl sites for hydroxylation is 2. The first kappa shape index (κ1) is 33.2. The molecule has 3 aromatic rings. The van der Waals surface area contributed by atoms with Crippen molar-refractivity contribution in [1.82, 2.24) is 14.9 Å². The molecule has 1 fully saturated rings. The molecule has 2 aromatic heterocycles. The van der Waals surface area contributed by atoms with E-state index in [1.807, 2.05) is 47.6 Å². The molecular weight excluding hydrogens is 602 g/mol. The molecule has 0 saturated carbocycles. The number of carbonyl (C=O) groups is 2. The minimum atomic E-state index is -4.79. The van der Waals surface area contributed by atoms with Crippen molar-refractivity contribution in [2.75, 3.05) is 43.1 Å². The van der Waals surface area contributed by atoms with Gasteiger partial charge in [0.25, 0.3) is 5.91 Å². The normalized spacial score (nSPS) is 17.5. The maximum absolute atomic E-state index is 14.5. The van der Waals surface area contributed by atoms with E-state index in [1.54, 1.807) is 21.9 Å². The van der Waals surface area contributed by atoms with Crippen LogP contribution in [-0.2, 0) is 22.7 Å². The van der Waals surface area contributed by atoms with Crippen LogP contribution in [0.2, 0.25) is 0 Å². The summed E-state index contributed by atoms with van der Waals surface area (Å²) in [6, 6.07) is 8.16. The van der Waals surface area contributed by atoms with Crippen molar-refractivity contribution in [2.45, 2.75) is 71.5 Å². The van der Waals surface area contributed by atoms with E-state index in [1.165, 1.54) is 13.2 Å². The number of nitrogens with zero attached hydrogens (tertiary/aromatic N) is 5. The van der Waals surface area contributed by atoms with Crippen LogP contribution in [0.15, 0.2) is 36.4 Å². The number of carbonyl (C=O) groups excluding carboxylic acids is 2. The van der Waals surface area contributed by atoms with Crippen LogP contribution < -0.4 is 9.80 Å². The average molecular weight is 642 g/mol. The number of benzene rings is 1. The number of ether oxygens (including phenoxy) is 1. The fourth-order valence-corrected chi connectivity index (χ4v) is 6.47. The molecular formula is C34H39F4N5O3. The van der Waals surface area contributed by atoms with Crippen molar-refractivity contribution in [1.29, 1.82) is 0 Å². The number of rotatable bonds is 5. The lowest BCUT2D eigenvalue weighted by atomic mass is 9.80. The summed E-state index contributed by atoms with van der Waals surface area (Å²) < 4.78 is 59.0. The number of amides is 1. The summed E-state index contributed by atoms with van der Waals surface area (Å²) in [5.74, 6) is -1.26. The highest BCUT2D eigenvalue weighted by molar-refractivity contribution is 5.94. The predicted octanol–water partition coefficient (Wildman–Crippen LogP) is 6.85. The number of esters is 1. The zero-order valence-electron chi connectivity index (χ0n) is 27.2. The van der Waals surface area contributed by atoms with Crippen molar-refractivity contribution >= 4 is 29.1 Å². The molecule has 2 aliphatic heterocycles. The molecule has 0 radical (unpaired) electrons. The third-order valence-corrected chi connectivity index (χ3v) is 9.03. The van der Waals surface area contributed by atoms with Gasteiger partial charge in [-0.25, -0.2) is 19.2 Å². The summed E-state index contributed by atoms with van der Waals surface area (Å²) in [6.07, 6.45) is -3.63. The monoisotopic (exact) mass is 641 g/mol. The van der Waals surface area contributed by atoms with Crippen LogP contribution >= 0.6 is 0 Å². The standard InChI is InChI=1S/C34H39F4N5O3/c1-8-24-28(31(45)46-7)20(2)17-27(39-24)41-15-16-43(33(5,6)19-41)30(44)25-11-12-26-29(40-25)32(3,4)13-14-42(26)21-9-10-22(23(35)18-21)34(36,37)38/h9-12,17-18H,8,13-16,19H2,1-7H3. The minimum absolute atomic E-state index is 0.236. The number of halogens is 4. The Kier molecular flexibility index (Phi) is 8.54. The Morgan fingerprint density at radius 3 is 2.33 bits per heavy atom. The Balaban J connectivity index is 1.41. The zero-order chi connectivity index (χ0) is 33.8. The van der Waals surface area contributed by atoms with E-state index >= 15 is 0 Å². The minimum Gasteiger partial charge on any atom is -0.465 e. The van der Waals surface area contributed by atoms with Gasteiger partial charge in [-0.15, -0.1) is 0 Å². The number of alkyl halides is 3. The maximum Gasteiger partial charge on any atom is 0.419 e. The maximum atomic E-state index is 14.5. The number of hydrogen-bond acceptors (Lipinski definition) is 7. The first-order valence-electron chi connectivity index (χ1n) is 15.3. The number of piperazine rings is 1. The van der Waals surface area contributed by atoms with E-state index in [2.05, 4.69) is 4.90 Å². The second kappa shape index (κ2) is 11.9. The van der Waals surface area contributed by atoms with Crippen LogP contribution in [0, 0.1) is 12.7 Å². The molecule has 0 N–H and O–H groups in total. The molecule has 4 heterocycles. The fourth-order valence-electron chi connectivity index (χ4n) is 6.47. The summed E-state index contributed by atoms with van der Waals surface area (Å²) in [6.45, 7) is 13.6. The molecule has 0 unspecified atom stereocenters. The van der Waals surface area contributed by atoms with Crippen LogP contribution in [0.4, 0.5) is 34.8 Å². The smallest absolute Gasteiger partial charge is 0.419 e. The largest absolute Gasteiger partial charge is 0.465 e. The van der Waals surface area contributed by atoms with Gasteiger partial charge in [0.15, 0.2) is 0 Å². The van der Waals surface area contributed by atoms with Gasteiger partial charge in [0.1, 0.15) is 17.3 Å². The Morgan fingerprint density at radius 2 is 1.72 bits per heavy atom. The lowest BCUT2D eigenvalue weighted by Crippen LogP contribution is -2.61. The van der Waals surface area contributed by atoms with Gasteiger partial charge in [-0.2, -0.15) is 13.2 Å². The topological polar surface area (TPSA) is 78.9 Å². The number of anilines is 3. The van der Waals surface area contributed by atoms with Crippen molar-refractivity contribution in [3.63, 3.8) is 0 Å². The van der Waals surface area contributed by atoms with Gasteiger partial charge >= 0.3 is 12.1 Å². The predicted molar refractivity (Wildman–Crippen MR) is 167 cm³/mol. The molecule has 0 atom stereocenters. The number of fused-ring (bicyclic) bond motifs is 1.